The lowest BCUT2D eigenvalue weighted by molar-refractivity contribution is 0.465. The summed E-state index contributed by atoms with van der Waals surface area (Å²) < 4.78 is 34.7. The summed E-state index contributed by atoms with van der Waals surface area (Å²) >= 11 is -2.19. The standard InChI is InChI=1S/C18H37O3PS/c1-6-10-12-17(8-3)14-22(19,16(5)23(20)21)15-18(9-4)13-11-7-2/h17-18H,5-15H2,1-4H3,(H,20,21). The minimum absolute atomic E-state index is 0.0856. The van der Waals surface area contributed by atoms with Crippen LogP contribution in [0.5, 0.6) is 0 Å². The molecular formula is C18H37O3PS. The quantitative estimate of drug-likeness (QED) is 0.284. The molecule has 0 radical (unpaired) electrons. The minimum Gasteiger partial charge on any atom is -0.318 e. The molecule has 0 aromatic rings. The molecule has 0 aromatic heterocycles. The maximum absolute atomic E-state index is 13.6. The Balaban J connectivity index is 5.18. The molecule has 0 heterocycles. The lowest BCUT2D eigenvalue weighted by Gasteiger charge is -2.27. The molecule has 0 aliphatic carbocycles. The Labute approximate surface area is 146 Å². The average molecular weight is 365 g/mol. The molecule has 5 heteroatoms. The molecule has 0 saturated heterocycles. The van der Waals surface area contributed by atoms with Gasteiger partial charge in [0.05, 0.1) is 4.65 Å². The molecule has 23 heavy (non-hydrogen) atoms. The monoisotopic (exact) mass is 364 g/mol. The molecule has 3 atom stereocenters. The molecule has 3 unspecified atom stereocenters. The predicted octanol–water partition coefficient (Wildman–Crippen LogP) is 6.48. The molecule has 138 valence electrons. The first-order chi connectivity index (χ1) is 10.8. The Kier molecular flexibility index (Phi) is 12.5. The second kappa shape index (κ2) is 12.4. The van der Waals surface area contributed by atoms with E-state index in [4.69, 9.17) is 0 Å². The summed E-state index contributed by atoms with van der Waals surface area (Å²) in [5.74, 6) is 0.731. The summed E-state index contributed by atoms with van der Waals surface area (Å²) in [6.07, 6.45) is 9.66. The van der Waals surface area contributed by atoms with Gasteiger partial charge >= 0.3 is 0 Å². The highest BCUT2D eigenvalue weighted by molar-refractivity contribution is 7.96. The van der Waals surface area contributed by atoms with E-state index in [-0.39, 0.29) is 4.65 Å². The molecule has 0 amide bonds. The molecule has 0 rings (SSSR count). The molecule has 0 aliphatic heterocycles. The summed E-state index contributed by atoms with van der Waals surface area (Å²) in [6, 6.07) is 0. The van der Waals surface area contributed by atoms with Crippen molar-refractivity contribution in [3.8, 4) is 0 Å². The second-order valence-corrected chi connectivity index (χ2v) is 11.1. The largest absolute Gasteiger partial charge is 0.318 e. The van der Waals surface area contributed by atoms with E-state index < -0.39 is 18.2 Å². The fourth-order valence-corrected chi connectivity index (χ4v) is 7.78. The lowest BCUT2D eigenvalue weighted by atomic mass is 10.0. The van der Waals surface area contributed by atoms with Crippen LogP contribution in [0.15, 0.2) is 11.2 Å². The Morgan fingerprint density at radius 3 is 1.65 bits per heavy atom. The van der Waals surface area contributed by atoms with Crippen molar-refractivity contribution in [2.75, 3.05) is 12.3 Å². The van der Waals surface area contributed by atoms with Crippen molar-refractivity contribution >= 4 is 18.2 Å². The van der Waals surface area contributed by atoms with Crippen LogP contribution in [0.3, 0.4) is 0 Å². The average Bonchev–Trinajstić information content (AvgIpc) is 2.54. The van der Waals surface area contributed by atoms with E-state index in [9.17, 15) is 13.3 Å². The maximum Gasteiger partial charge on any atom is 0.189 e. The zero-order chi connectivity index (χ0) is 17.9. The van der Waals surface area contributed by atoms with Gasteiger partial charge in [0.2, 0.25) is 0 Å². The van der Waals surface area contributed by atoms with Crippen LogP contribution in [-0.4, -0.2) is 21.1 Å². The van der Waals surface area contributed by atoms with Crippen LogP contribution < -0.4 is 0 Å². The first-order valence-corrected chi connectivity index (χ1v) is 12.4. The van der Waals surface area contributed by atoms with Crippen LogP contribution in [0, 0.1) is 11.8 Å². The van der Waals surface area contributed by atoms with E-state index in [1.807, 2.05) is 0 Å². The van der Waals surface area contributed by atoms with Gasteiger partial charge in [-0.25, -0.2) is 4.21 Å². The maximum atomic E-state index is 13.6. The lowest BCUT2D eigenvalue weighted by Crippen LogP contribution is -2.15. The highest BCUT2D eigenvalue weighted by Gasteiger charge is 2.34. The van der Waals surface area contributed by atoms with E-state index >= 15 is 0 Å². The van der Waals surface area contributed by atoms with Crippen molar-refractivity contribution in [1.82, 2.24) is 0 Å². The van der Waals surface area contributed by atoms with Crippen LogP contribution in [0.2, 0.25) is 0 Å². The van der Waals surface area contributed by atoms with E-state index in [1.165, 1.54) is 0 Å². The van der Waals surface area contributed by atoms with Crippen LogP contribution in [0.4, 0.5) is 0 Å². The topological polar surface area (TPSA) is 54.4 Å². The summed E-state index contributed by atoms with van der Waals surface area (Å²) in [4.78, 5) is 0. The Bertz CT molecular complexity index is 387. The highest BCUT2D eigenvalue weighted by Crippen LogP contribution is 2.58. The van der Waals surface area contributed by atoms with Gasteiger partial charge in [-0.15, -0.1) is 0 Å². The normalized spacial score (nSPS) is 18.1. The fourth-order valence-electron chi connectivity index (χ4n) is 3.09. The Morgan fingerprint density at radius 1 is 1.00 bits per heavy atom. The summed E-state index contributed by atoms with van der Waals surface area (Å²) in [5.41, 5.74) is 0. The number of hydrogen-bond acceptors (Lipinski definition) is 2. The highest BCUT2D eigenvalue weighted by atomic mass is 32.2. The number of unbranched alkanes of at least 4 members (excludes halogenated alkanes) is 2. The second-order valence-electron chi connectivity index (χ2n) is 6.73. The van der Waals surface area contributed by atoms with Crippen molar-refractivity contribution < 1.29 is 13.3 Å². The Hall–Kier alpha value is 0.0800. The summed E-state index contributed by atoms with van der Waals surface area (Å²) in [6.45, 7) is 12.3. The van der Waals surface area contributed by atoms with Crippen molar-refractivity contribution in [2.45, 2.75) is 79.1 Å². The molecular weight excluding hydrogens is 327 g/mol. The molecule has 0 saturated carbocycles. The Morgan fingerprint density at radius 2 is 1.39 bits per heavy atom. The fraction of sp³-hybridized carbons (Fsp3) is 0.889. The van der Waals surface area contributed by atoms with E-state index in [1.54, 1.807) is 0 Å². The molecule has 0 aromatic carbocycles. The van der Waals surface area contributed by atoms with Gasteiger partial charge in [0.15, 0.2) is 11.1 Å². The molecule has 1 N–H and O–H groups in total. The van der Waals surface area contributed by atoms with Gasteiger partial charge in [-0.3, -0.25) is 0 Å². The SMILES string of the molecule is C=C(S(=O)O)P(=O)(CC(CC)CCCC)CC(CC)CCCC. The molecule has 0 spiro atoms. The van der Waals surface area contributed by atoms with Crippen molar-refractivity contribution in [3.63, 3.8) is 0 Å². The van der Waals surface area contributed by atoms with Gasteiger partial charge in [-0.2, -0.15) is 0 Å². The molecule has 3 nitrogen and oxygen atoms in total. The smallest absolute Gasteiger partial charge is 0.189 e. The van der Waals surface area contributed by atoms with Gasteiger partial charge in [-0.05, 0) is 11.8 Å². The number of rotatable bonds is 14. The predicted molar refractivity (Wildman–Crippen MR) is 104 cm³/mol. The molecule has 0 fully saturated rings. The molecule has 0 bridgehead atoms. The van der Waals surface area contributed by atoms with Gasteiger partial charge in [0.1, 0.15) is 7.14 Å². The zero-order valence-corrected chi connectivity index (χ0v) is 17.3. The minimum atomic E-state index is -2.84. The van der Waals surface area contributed by atoms with Gasteiger partial charge in [0, 0.05) is 12.3 Å². The molecule has 0 aliphatic rings. The van der Waals surface area contributed by atoms with E-state index in [0.29, 0.717) is 24.2 Å². The zero-order valence-electron chi connectivity index (χ0n) is 15.6. The van der Waals surface area contributed by atoms with Crippen LogP contribution in [0.25, 0.3) is 0 Å². The third-order valence-corrected chi connectivity index (χ3v) is 9.84. The van der Waals surface area contributed by atoms with Crippen molar-refractivity contribution in [2.24, 2.45) is 11.8 Å². The van der Waals surface area contributed by atoms with Crippen LogP contribution >= 0.6 is 7.14 Å². The van der Waals surface area contributed by atoms with Gasteiger partial charge < -0.3 is 9.12 Å². The van der Waals surface area contributed by atoms with Crippen molar-refractivity contribution in [1.29, 1.82) is 0 Å². The van der Waals surface area contributed by atoms with Crippen LogP contribution in [0.1, 0.15) is 79.1 Å². The van der Waals surface area contributed by atoms with Gasteiger partial charge in [-0.1, -0.05) is 85.6 Å². The summed E-state index contributed by atoms with van der Waals surface area (Å²) in [7, 11) is -2.84. The number of hydrogen-bond donors (Lipinski definition) is 1. The van der Waals surface area contributed by atoms with Crippen LogP contribution in [-0.2, 0) is 15.6 Å². The van der Waals surface area contributed by atoms with E-state index in [0.717, 1.165) is 51.4 Å². The van der Waals surface area contributed by atoms with E-state index in [2.05, 4.69) is 34.3 Å². The third-order valence-electron chi connectivity index (χ3n) is 4.85. The summed E-state index contributed by atoms with van der Waals surface area (Å²) in [5, 5.41) is 0. The van der Waals surface area contributed by atoms with Gasteiger partial charge in [0.25, 0.3) is 0 Å². The third kappa shape index (κ3) is 8.65. The first-order valence-electron chi connectivity index (χ1n) is 9.22. The first kappa shape index (κ1) is 23.1. The van der Waals surface area contributed by atoms with Crippen molar-refractivity contribution in [3.05, 3.63) is 11.2 Å².